The predicted octanol–water partition coefficient (Wildman–Crippen LogP) is 2.39. The van der Waals surface area contributed by atoms with Gasteiger partial charge in [-0.05, 0) is 56.6 Å². The van der Waals surface area contributed by atoms with Crippen LogP contribution in [0, 0.1) is 12.8 Å². The lowest BCUT2D eigenvalue weighted by atomic mass is 9.95. The summed E-state index contributed by atoms with van der Waals surface area (Å²) in [5.41, 5.74) is 3.09. The van der Waals surface area contributed by atoms with Crippen LogP contribution in [0.15, 0.2) is 30.3 Å². The van der Waals surface area contributed by atoms with Crippen LogP contribution >= 0.6 is 0 Å². The number of piperidine rings is 1. The molecule has 0 bridgehead atoms. The summed E-state index contributed by atoms with van der Waals surface area (Å²) in [6.45, 7) is 5.15. The first-order valence-electron chi connectivity index (χ1n) is 10.1. The number of aromatic nitrogens is 2. The Labute approximate surface area is 173 Å². The van der Waals surface area contributed by atoms with Gasteiger partial charge < -0.3 is 15.0 Å². The highest BCUT2D eigenvalue weighted by Crippen LogP contribution is 2.20. The molecule has 7 nitrogen and oxygen atoms in total. The van der Waals surface area contributed by atoms with Crippen LogP contribution in [0.25, 0.3) is 0 Å². The average Bonchev–Trinajstić information content (AvgIpc) is 2.72. The van der Waals surface area contributed by atoms with Crippen molar-refractivity contribution in [2.75, 3.05) is 39.2 Å². The van der Waals surface area contributed by atoms with Gasteiger partial charge in [-0.1, -0.05) is 12.1 Å². The van der Waals surface area contributed by atoms with Gasteiger partial charge in [0.15, 0.2) is 0 Å². The largest absolute Gasteiger partial charge is 0.497 e. The number of rotatable bonds is 7. The number of benzene rings is 1. The summed E-state index contributed by atoms with van der Waals surface area (Å²) in [6.07, 6.45) is 1.75. The molecule has 29 heavy (non-hydrogen) atoms. The maximum absolute atomic E-state index is 12.5. The molecule has 1 N–H and O–H groups in total. The number of methoxy groups -OCH3 is 1. The molecule has 3 rings (SSSR count). The van der Waals surface area contributed by atoms with Gasteiger partial charge in [-0.3, -0.25) is 9.69 Å². The number of likely N-dealkylation sites (tertiary alicyclic amines) is 1. The van der Waals surface area contributed by atoms with Crippen molar-refractivity contribution in [1.82, 2.24) is 20.2 Å². The van der Waals surface area contributed by atoms with E-state index in [0.29, 0.717) is 6.54 Å². The van der Waals surface area contributed by atoms with Crippen LogP contribution in [-0.2, 0) is 17.9 Å². The van der Waals surface area contributed by atoms with E-state index >= 15 is 0 Å². The molecule has 2 heterocycles. The number of hydrogen-bond acceptors (Lipinski definition) is 6. The van der Waals surface area contributed by atoms with Gasteiger partial charge in [0.1, 0.15) is 5.75 Å². The zero-order chi connectivity index (χ0) is 20.8. The minimum atomic E-state index is 0.0777. The highest BCUT2D eigenvalue weighted by Gasteiger charge is 2.25. The Morgan fingerprint density at radius 1 is 1.21 bits per heavy atom. The minimum absolute atomic E-state index is 0.0777. The Bertz CT molecular complexity index is 814. The average molecular weight is 398 g/mol. The molecule has 0 unspecified atom stereocenters. The van der Waals surface area contributed by atoms with E-state index < -0.39 is 0 Å². The van der Waals surface area contributed by atoms with E-state index in [4.69, 9.17) is 4.74 Å². The van der Waals surface area contributed by atoms with Crippen molar-refractivity contribution in [3.05, 3.63) is 47.3 Å². The minimum Gasteiger partial charge on any atom is -0.497 e. The second-order valence-electron chi connectivity index (χ2n) is 7.81. The second-order valence-corrected chi connectivity index (χ2v) is 7.81. The maximum Gasteiger partial charge on any atom is 0.225 e. The summed E-state index contributed by atoms with van der Waals surface area (Å²) < 4.78 is 5.16. The Kier molecular flexibility index (Phi) is 7.04. The summed E-state index contributed by atoms with van der Waals surface area (Å²) in [7, 11) is 5.55. The van der Waals surface area contributed by atoms with Crippen molar-refractivity contribution in [1.29, 1.82) is 0 Å². The number of carbonyl (C=O) groups excluding carboxylic acids is 1. The van der Waals surface area contributed by atoms with Gasteiger partial charge in [0.25, 0.3) is 0 Å². The fraction of sp³-hybridized carbons (Fsp3) is 0.500. The lowest BCUT2D eigenvalue weighted by molar-refractivity contribution is -0.126. The predicted molar refractivity (Wildman–Crippen MR) is 114 cm³/mol. The van der Waals surface area contributed by atoms with Gasteiger partial charge in [-0.25, -0.2) is 9.97 Å². The van der Waals surface area contributed by atoms with Gasteiger partial charge in [0.05, 0.1) is 12.8 Å². The van der Waals surface area contributed by atoms with Crippen molar-refractivity contribution in [2.24, 2.45) is 5.92 Å². The zero-order valence-corrected chi connectivity index (χ0v) is 17.8. The molecule has 0 spiro atoms. The number of amides is 1. The van der Waals surface area contributed by atoms with Crippen molar-refractivity contribution >= 4 is 11.9 Å². The summed E-state index contributed by atoms with van der Waals surface area (Å²) >= 11 is 0. The number of anilines is 1. The number of nitrogens with one attached hydrogen (secondary N) is 1. The molecule has 1 aliphatic heterocycles. The van der Waals surface area contributed by atoms with Crippen LogP contribution in [0.1, 0.15) is 29.8 Å². The fourth-order valence-corrected chi connectivity index (χ4v) is 3.56. The van der Waals surface area contributed by atoms with Crippen LogP contribution in [0.2, 0.25) is 0 Å². The highest BCUT2D eigenvalue weighted by molar-refractivity contribution is 5.78. The number of aryl methyl sites for hydroxylation is 1. The van der Waals surface area contributed by atoms with Crippen molar-refractivity contribution in [3.63, 3.8) is 0 Å². The summed E-state index contributed by atoms with van der Waals surface area (Å²) in [5.74, 6) is 1.79. The van der Waals surface area contributed by atoms with E-state index in [1.165, 1.54) is 0 Å². The Balaban J connectivity index is 1.46. The summed E-state index contributed by atoms with van der Waals surface area (Å²) in [4.78, 5) is 25.9. The number of hydrogen-bond donors (Lipinski definition) is 1. The van der Waals surface area contributed by atoms with E-state index in [9.17, 15) is 4.79 Å². The molecule has 2 aromatic rings. The third-order valence-corrected chi connectivity index (χ3v) is 5.27. The summed E-state index contributed by atoms with van der Waals surface area (Å²) in [5, 5.41) is 3.07. The number of nitrogens with zero attached hydrogens (tertiary/aromatic N) is 4. The zero-order valence-electron chi connectivity index (χ0n) is 17.8. The van der Waals surface area contributed by atoms with Crippen LogP contribution in [0.4, 0.5) is 5.95 Å². The van der Waals surface area contributed by atoms with Crippen LogP contribution < -0.4 is 15.0 Å². The third-order valence-electron chi connectivity index (χ3n) is 5.27. The highest BCUT2D eigenvalue weighted by atomic mass is 16.5. The molecule has 0 atom stereocenters. The number of ether oxygens (including phenoxy) is 1. The smallest absolute Gasteiger partial charge is 0.225 e. The van der Waals surface area contributed by atoms with Crippen molar-refractivity contribution in [3.8, 4) is 5.75 Å². The van der Waals surface area contributed by atoms with Gasteiger partial charge in [-0.2, -0.15) is 0 Å². The third kappa shape index (κ3) is 5.90. The maximum atomic E-state index is 12.5. The van der Waals surface area contributed by atoms with E-state index in [2.05, 4.69) is 20.2 Å². The van der Waals surface area contributed by atoms with Crippen molar-refractivity contribution < 1.29 is 9.53 Å². The normalized spacial score (nSPS) is 15.2. The van der Waals surface area contributed by atoms with E-state index in [1.807, 2.05) is 56.3 Å². The Hall–Kier alpha value is -2.67. The van der Waals surface area contributed by atoms with E-state index in [-0.39, 0.29) is 11.8 Å². The first-order chi connectivity index (χ1) is 13.9. The quantitative estimate of drug-likeness (QED) is 0.774. The standard InChI is InChI=1S/C22H31N5O2/c1-16-13-19(25-22(24-16)26(2)3)15-27-11-9-18(10-12-27)21(28)23-14-17-5-7-20(29-4)8-6-17/h5-8,13,18H,9-12,14-15H2,1-4H3,(H,23,28). The lowest BCUT2D eigenvalue weighted by Crippen LogP contribution is -2.40. The molecule has 0 aliphatic carbocycles. The first-order valence-corrected chi connectivity index (χ1v) is 10.1. The topological polar surface area (TPSA) is 70.6 Å². The molecule has 0 radical (unpaired) electrons. The molecule has 1 aromatic carbocycles. The molecule has 0 saturated carbocycles. The second kappa shape index (κ2) is 9.69. The van der Waals surface area contributed by atoms with Gasteiger partial charge in [0.2, 0.25) is 11.9 Å². The molecule has 7 heteroatoms. The first kappa shape index (κ1) is 21.0. The van der Waals surface area contributed by atoms with E-state index in [1.54, 1.807) is 7.11 Å². The molecule has 156 valence electrons. The lowest BCUT2D eigenvalue weighted by Gasteiger charge is -2.31. The van der Waals surface area contributed by atoms with Crippen molar-refractivity contribution in [2.45, 2.75) is 32.9 Å². The Morgan fingerprint density at radius 3 is 2.52 bits per heavy atom. The Morgan fingerprint density at radius 2 is 1.90 bits per heavy atom. The van der Waals surface area contributed by atoms with Crippen LogP contribution in [-0.4, -0.2) is 55.1 Å². The molecule has 1 saturated heterocycles. The molecular formula is C22H31N5O2. The van der Waals surface area contributed by atoms with Gasteiger partial charge in [0, 0.05) is 38.8 Å². The SMILES string of the molecule is COc1ccc(CNC(=O)C2CCN(Cc3cc(C)nc(N(C)C)n3)CC2)cc1. The molecule has 1 aliphatic rings. The monoisotopic (exact) mass is 397 g/mol. The molecular weight excluding hydrogens is 366 g/mol. The van der Waals surface area contributed by atoms with E-state index in [0.717, 1.165) is 61.1 Å². The van der Waals surface area contributed by atoms with Gasteiger partial charge in [-0.15, -0.1) is 0 Å². The molecule has 1 fully saturated rings. The fourth-order valence-electron chi connectivity index (χ4n) is 3.56. The number of carbonyl (C=O) groups is 1. The van der Waals surface area contributed by atoms with Crippen LogP contribution in [0.5, 0.6) is 5.75 Å². The molecule has 1 amide bonds. The van der Waals surface area contributed by atoms with Crippen LogP contribution in [0.3, 0.4) is 0 Å². The van der Waals surface area contributed by atoms with Gasteiger partial charge >= 0.3 is 0 Å². The summed E-state index contributed by atoms with van der Waals surface area (Å²) in [6, 6.07) is 9.83. The molecule has 1 aromatic heterocycles.